The Morgan fingerprint density at radius 3 is 2.52 bits per heavy atom. The van der Waals surface area contributed by atoms with Crippen molar-refractivity contribution in [3.8, 4) is 0 Å². The van der Waals surface area contributed by atoms with Crippen molar-refractivity contribution in [3.63, 3.8) is 0 Å². The van der Waals surface area contributed by atoms with E-state index in [1.165, 1.54) is 18.3 Å². The van der Waals surface area contributed by atoms with Crippen molar-refractivity contribution in [2.24, 2.45) is 5.41 Å². The number of aromatic nitrogens is 1. The maximum absolute atomic E-state index is 13.0. The fraction of sp³-hybridized carbons (Fsp3) is 0.455. The van der Waals surface area contributed by atoms with Crippen LogP contribution in [0.1, 0.15) is 6.42 Å². The van der Waals surface area contributed by atoms with E-state index < -0.39 is 47.1 Å². The lowest BCUT2D eigenvalue weighted by molar-refractivity contribution is -0.226. The van der Waals surface area contributed by atoms with Crippen LogP contribution in [0, 0.1) is 5.41 Å². The van der Waals surface area contributed by atoms with Gasteiger partial charge in [0.25, 0.3) is 0 Å². The summed E-state index contributed by atoms with van der Waals surface area (Å²) >= 11 is 0. The fourth-order valence-electron chi connectivity index (χ4n) is 2.16. The molecule has 2 heterocycles. The molecule has 10 heteroatoms. The monoisotopic (exact) mass is 324 g/mol. The first-order valence-corrected chi connectivity index (χ1v) is 7.25. The maximum Gasteiger partial charge on any atom is 0.406 e. The fourth-order valence-corrected chi connectivity index (χ4v) is 3.62. The van der Waals surface area contributed by atoms with Crippen molar-refractivity contribution in [1.29, 1.82) is 0 Å². The van der Waals surface area contributed by atoms with Gasteiger partial charge in [0.2, 0.25) is 10.0 Å². The number of hydrogen-bond acceptors (Lipinski definition) is 4. The molecule has 0 spiro atoms. The summed E-state index contributed by atoms with van der Waals surface area (Å²) in [5.74, 6) is -2.07. The van der Waals surface area contributed by atoms with Crippen LogP contribution in [0.3, 0.4) is 0 Å². The number of pyridine rings is 1. The van der Waals surface area contributed by atoms with Gasteiger partial charge in [-0.25, -0.2) is 8.42 Å². The highest BCUT2D eigenvalue weighted by Crippen LogP contribution is 2.46. The minimum absolute atomic E-state index is 0.270. The molecular formula is C11H11F3N2O4S. The van der Waals surface area contributed by atoms with E-state index in [1.807, 2.05) is 0 Å². The number of carboxylic acids is 1. The standard InChI is InChI=1S/C11H11F3N2O4S/c12-11(13,14)10(9(17)18)3-5-16(7-10)21(19,20)8-2-1-4-15-6-8/h1-2,4,6H,3,5,7H2,(H,17,18). The molecule has 1 aliphatic rings. The summed E-state index contributed by atoms with van der Waals surface area (Å²) < 4.78 is 64.0. The molecule has 1 N–H and O–H groups in total. The number of hydrogen-bond donors (Lipinski definition) is 1. The van der Waals surface area contributed by atoms with Crippen molar-refractivity contribution in [3.05, 3.63) is 24.5 Å². The average molecular weight is 324 g/mol. The summed E-state index contributed by atoms with van der Waals surface area (Å²) in [6.07, 6.45) is -3.52. The van der Waals surface area contributed by atoms with Crippen molar-refractivity contribution < 1.29 is 31.5 Å². The van der Waals surface area contributed by atoms with Crippen LogP contribution in [0.15, 0.2) is 29.4 Å². The van der Waals surface area contributed by atoms with Gasteiger partial charge in [0, 0.05) is 25.5 Å². The molecule has 1 fully saturated rings. The Bertz CT molecular complexity index is 647. The highest BCUT2D eigenvalue weighted by atomic mass is 32.2. The van der Waals surface area contributed by atoms with Gasteiger partial charge in [0.1, 0.15) is 4.90 Å². The van der Waals surface area contributed by atoms with E-state index in [0.29, 0.717) is 4.31 Å². The third-order valence-corrected chi connectivity index (χ3v) is 5.29. The third-order valence-electron chi connectivity index (χ3n) is 3.46. The van der Waals surface area contributed by atoms with Crippen LogP contribution in [0.25, 0.3) is 0 Å². The smallest absolute Gasteiger partial charge is 0.406 e. The van der Waals surface area contributed by atoms with Crippen LogP contribution in [-0.4, -0.2) is 48.0 Å². The van der Waals surface area contributed by atoms with Gasteiger partial charge >= 0.3 is 12.1 Å². The highest BCUT2D eigenvalue weighted by Gasteiger charge is 2.65. The van der Waals surface area contributed by atoms with Gasteiger partial charge in [-0.1, -0.05) is 0 Å². The number of aliphatic carboxylic acids is 1. The molecule has 0 amide bonds. The number of sulfonamides is 1. The molecule has 0 radical (unpaired) electrons. The second kappa shape index (κ2) is 4.95. The Morgan fingerprint density at radius 2 is 2.10 bits per heavy atom. The second-order valence-corrected chi connectivity index (χ2v) is 6.60. The van der Waals surface area contributed by atoms with Crippen LogP contribution in [0.5, 0.6) is 0 Å². The van der Waals surface area contributed by atoms with Gasteiger partial charge in [-0.15, -0.1) is 0 Å². The molecule has 0 aromatic carbocycles. The van der Waals surface area contributed by atoms with Crippen LogP contribution in [0.4, 0.5) is 13.2 Å². The molecule has 1 aliphatic heterocycles. The van der Waals surface area contributed by atoms with Crippen LogP contribution in [0.2, 0.25) is 0 Å². The Balaban J connectivity index is 2.37. The van der Waals surface area contributed by atoms with E-state index in [9.17, 15) is 26.4 Å². The van der Waals surface area contributed by atoms with Crippen molar-refractivity contribution in [1.82, 2.24) is 9.29 Å². The van der Waals surface area contributed by atoms with E-state index in [0.717, 1.165) is 6.20 Å². The molecule has 0 saturated carbocycles. The van der Waals surface area contributed by atoms with Gasteiger partial charge in [-0.2, -0.15) is 17.5 Å². The second-order valence-electron chi connectivity index (χ2n) is 4.66. The third kappa shape index (κ3) is 2.48. The van der Waals surface area contributed by atoms with E-state index >= 15 is 0 Å². The van der Waals surface area contributed by atoms with Gasteiger partial charge in [0.05, 0.1) is 0 Å². The number of rotatable bonds is 3. The zero-order chi connectivity index (χ0) is 15.9. The molecule has 2 rings (SSSR count). The lowest BCUT2D eigenvalue weighted by atomic mass is 9.86. The van der Waals surface area contributed by atoms with Crippen molar-refractivity contribution in [2.75, 3.05) is 13.1 Å². The van der Waals surface area contributed by atoms with Gasteiger partial charge < -0.3 is 5.11 Å². The molecular weight excluding hydrogens is 313 g/mol. The zero-order valence-electron chi connectivity index (χ0n) is 10.5. The van der Waals surface area contributed by atoms with Gasteiger partial charge in [0.15, 0.2) is 5.41 Å². The van der Waals surface area contributed by atoms with Crippen molar-refractivity contribution >= 4 is 16.0 Å². The average Bonchev–Trinajstić information content (AvgIpc) is 2.86. The van der Waals surface area contributed by atoms with Crippen LogP contribution >= 0.6 is 0 Å². The van der Waals surface area contributed by atoms with Gasteiger partial charge in [-0.3, -0.25) is 9.78 Å². The Labute approximate surface area is 118 Å². The summed E-state index contributed by atoms with van der Waals surface area (Å²) in [5.41, 5.74) is -3.07. The lowest BCUT2D eigenvalue weighted by Gasteiger charge is -2.27. The maximum atomic E-state index is 13.0. The molecule has 1 saturated heterocycles. The van der Waals surface area contributed by atoms with Crippen molar-refractivity contribution in [2.45, 2.75) is 17.5 Å². The number of halogens is 3. The summed E-state index contributed by atoms with van der Waals surface area (Å²) in [6, 6.07) is 2.52. The first-order valence-electron chi connectivity index (χ1n) is 5.81. The Morgan fingerprint density at radius 1 is 1.43 bits per heavy atom. The van der Waals surface area contributed by atoms with E-state index in [2.05, 4.69) is 4.98 Å². The molecule has 0 bridgehead atoms. The molecule has 1 aromatic heterocycles. The predicted octanol–water partition coefficient (Wildman–Crippen LogP) is 1.11. The number of nitrogens with zero attached hydrogens (tertiary/aromatic N) is 2. The van der Waals surface area contributed by atoms with Crippen LogP contribution in [-0.2, 0) is 14.8 Å². The largest absolute Gasteiger partial charge is 0.481 e. The summed E-state index contributed by atoms with van der Waals surface area (Å²) in [4.78, 5) is 14.4. The summed E-state index contributed by atoms with van der Waals surface area (Å²) in [6.45, 7) is -1.65. The number of alkyl halides is 3. The molecule has 21 heavy (non-hydrogen) atoms. The molecule has 116 valence electrons. The van der Waals surface area contributed by atoms with E-state index in [-0.39, 0.29) is 4.90 Å². The van der Waals surface area contributed by atoms with Crippen LogP contribution < -0.4 is 0 Å². The summed E-state index contributed by atoms with van der Waals surface area (Å²) in [5, 5.41) is 8.90. The van der Waals surface area contributed by atoms with E-state index in [4.69, 9.17) is 5.11 Å². The molecule has 6 nitrogen and oxygen atoms in total. The highest BCUT2D eigenvalue weighted by molar-refractivity contribution is 7.89. The molecule has 1 atom stereocenters. The topological polar surface area (TPSA) is 87.6 Å². The minimum Gasteiger partial charge on any atom is -0.481 e. The summed E-state index contributed by atoms with van der Waals surface area (Å²) in [7, 11) is -4.20. The quantitative estimate of drug-likeness (QED) is 0.900. The van der Waals surface area contributed by atoms with Gasteiger partial charge in [-0.05, 0) is 18.6 Å². The molecule has 0 aliphatic carbocycles. The Hall–Kier alpha value is -1.68. The lowest BCUT2D eigenvalue weighted by Crippen LogP contribution is -2.47. The first kappa shape index (κ1) is 15.7. The first-order chi connectivity index (χ1) is 9.61. The zero-order valence-corrected chi connectivity index (χ0v) is 11.4. The molecule has 1 aromatic rings. The normalized spacial score (nSPS) is 24.1. The number of carboxylic acid groups (broad SMARTS) is 1. The number of carbonyl (C=O) groups is 1. The van der Waals surface area contributed by atoms with E-state index in [1.54, 1.807) is 0 Å². The molecule has 1 unspecified atom stereocenters. The SMILES string of the molecule is O=C(O)C1(C(F)(F)F)CCN(S(=O)(=O)c2cccnc2)C1. The Kier molecular flexibility index (Phi) is 3.70. The predicted molar refractivity (Wildman–Crippen MR) is 63.7 cm³/mol. The minimum atomic E-state index is -5.03.